The molecule has 0 saturated heterocycles. The molecule has 0 radical (unpaired) electrons. The first-order valence-corrected chi connectivity index (χ1v) is 7.87. The van der Waals surface area contributed by atoms with Gasteiger partial charge >= 0.3 is 0 Å². The summed E-state index contributed by atoms with van der Waals surface area (Å²) in [5, 5.41) is 0. The summed E-state index contributed by atoms with van der Waals surface area (Å²) >= 11 is 0. The molecule has 2 heteroatoms. The van der Waals surface area contributed by atoms with Gasteiger partial charge in [-0.2, -0.15) is 0 Å². The van der Waals surface area contributed by atoms with E-state index < -0.39 is 0 Å². The maximum atomic E-state index is 6.01. The van der Waals surface area contributed by atoms with Crippen molar-refractivity contribution in [1.29, 1.82) is 0 Å². The summed E-state index contributed by atoms with van der Waals surface area (Å²) in [4.78, 5) is 2.48. The monoisotopic (exact) mass is 256 g/mol. The summed E-state index contributed by atoms with van der Waals surface area (Å²) in [5.41, 5.74) is 6.21. The largest absolute Gasteiger partial charge is 0.329 e. The maximum Gasteiger partial charge on any atom is 0.0300 e. The van der Waals surface area contributed by atoms with Gasteiger partial charge in [-0.15, -0.1) is 0 Å². The first kappa shape index (κ1) is 17.9. The Balaban J connectivity index is 3.99. The summed E-state index contributed by atoms with van der Waals surface area (Å²) in [6.07, 6.45) is 9.27. The SMILES string of the molecule is CCCCCCCC(C)(CN)N(C)CCC(C)C. The van der Waals surface area contributed by atoms with Crippen LogP contribution in [0.5, 0.6) is 0 Å². The van der Waals surface area contributed by atoms with E-state index in [9.17, 15) is 0 Å². The zero-order chi connectivity index (χ0) is 14.0. The van der Waals surface area contributed by atoms with Crippen molar-refractivity contribution < 1.29 is 0 Å². The van der Waals surface area contributed by atoms with Gasteiger partial charge in [-0.3, -0.25) is 4.90 Å². The summed E-state index contributed by atoms with van der Waals surface area (Å²) in [6.45, 7) is 11.1. The lowest BCUT2D eigenvalue weighted by Crippen LogP contribution is -2.50. The van der Waals surface area contributed by atoms with Crippen LogP contribution < -0.4 is 5.73 Å². The standard InChI is InChI=1S/C16H36N2/c1-6-7-8-9-10-12-16(4,14-17)18(5)13-11-15(2)3/h15H,6-14,17H2,1-5H3. The molecule has 0 amide bonds. The van der Waals surface area contributed by atoms with Gasteiger partial charge in [-0.05, 0) is 39.3 Å². The van der Waals surface area contributed by atoms with Crippen molar-refractivity contribution in [2.24, 2.45) is 11.7 Å². The highest BCUT2D eigenvalue weighted by atomic mass is 15.2. The van der Waals surface area contributed by atoms with Gasteiger partial charge in [0.25, 0.3) is 0 Å². The van der Waals surface area contributed by atoms with Crippen LogP contribution in [-0.4, -0.2) is 30.6 Å². The Kier molecular flexibility index (Phi) is 9.76. The van der Waals surface area contributed by atoms with E-state index in [4.69, 9.17) is 5.73 Å². The third kappa shape index (κ3) is 7.38. The van der Waals surface area contributed by atoms with Crippen molar-refractivity contribution in [3.05, 3.63) is 0 Å². The van der Waals surface area contributed by atoms with Crippen molar-refractivity contribution in [3.63, 3.8) is 0 Å². The van der Waals surface area contributed by atoms with Gasteiger partial charge in [0, 0.05) is 12.1 Å². The zero-order valence-electron chi connectivity index (χ0n) is 13.5. The van der Waals surface area contributed by atoms with Crippen LogP contribution in [-0.2, 0) is 0 Å². The third-order valence-corrected chi connectivity index (χ3v) is 4.22. The Morgan fingerprint density at radius 2 is 1.72 bits per heavy atom. The van der Waals surface area contributed by atoms with E-state index in [1.165, 1.54) is 51.5 Å². The predicted molar refractivity (Wildman–Crippen MR) is 82.9 cm³/mol. The lowest BCUT2D eigenvalue weighted by Gasteiger charge is -2.38. The second-order valence-corrected chi connectivity index (χ2v) is 6.47. The molecule has 0 aliphatic heterocycles. The molecule has 0 saturated carbocycles. The van der Waals surface area contributed by atoms with Crippen LogP contribution in [0.2, 0.25) is 0 Å². The molecule has 0 aromatic heterocycles. The molecule has 0 aliphatic rings. The molecule has 0 fully saturated rings. The lowest BCUT2D eigenvalue weighted by molar-refractivity contribution is 0.124. The summed E-state index contributed by atoms with van der Waals surface area (Å²) in [6, 6.07) is 0. The number of hydrogen-bond acceptors (Lipinski definition) is 2. The summed E-state index contributed by atoms with van der Waals surface area (Å²) < 4.78 is 0. The molecule has 0 aromatic carbocycles. The van der Waals surface area contributed by atoms with Crippen LogP contribution in [0.3, 0.4) is 0 Å². The van der Waals surface area contributed by atoms with E-state index in [-0.39, 0.29) is 5.54 Å². The predicted octanol–water partition coefficient (Wildman–Crippen LogP) is 4.04. The number of rotatable bonds is 11. The van der Waals surface area contributed by atoms with Gasteiger partial charge in [0.1, 0.15) is 0 Å². The molecule has 2 N–H and O–H groups in total. The second kappa shape index (κ2) is 9.80. The molecule has 0 spiro atoms. The van der Waals surface area contributed by atoms with E-state index in [1.54, 1.807) is 0 Å². The van der Waals surface area contributed by atoms with Gasteiger partial charge in [0.2, 0.25) is 0 Å². The average Bonchev–Trinajstić information content (AvgIpc) is 2.35. The highest BCUT2D eigenvalue weighted by molar-refractivity contribution is 4.85. The number of unbranched alkanes of at least 4 members (excludes halogenated alkanes) is 4. The molecule has 0 aromatic rings. The van der Waals surface area contributed by atoms with Crippen LogP contribution in [0.4, 0.5) is 0 Å². The van der Waals surface area contributed by atoms with E-state index in [2.05, 4.69) is 39.6 Å². The van der Waals surface area contributed by atoms with E-state index >= 15 is 0 Å². The molecule has 1 unspecified atom stereocenters. The molecule has 110 valence electrons. The van der Waals surface area contributed by atoms with E-state index in [0.717, 1.165) is 12.5 Å². The van der Waals surface area contributed by atoms with Gasteiger partial charge in [0.05, 0.1) is 0 Å². The van der Waals surface area contributed by atoms with Gasteiger partial charge in [0.15, 0.2) is 0 Å². The molecule has 0 aliphatic carbocycles. The summed E-state index contributed by atoms with van der Waals surface area (Å²) in [7, 11) is 2.24. The topological polar surface area (TPSA) is 29.3 Å². The Labute approximate surface area is 115 Å². The average molecular weight is 256 g/mol. The molecule has 0 heterocycles. The zero-order valence-corrected chi connectivity index (χ0v) is 13.5. The normalized spacial score (nSPS) is 15.3. The van der Waals surface area contributed by atoms with Crippen LogP contribution in [0.25, 0.3) is 0 Å². The molecule has 1 atom stereocenters. The maximum absolute atomic E-state index is 6.01. The van der Waals surface area contributed by atoms with Crippen LogP contribution in [0, 0.1) is 5.92 Å². The lowest BCUT2D eigenvalue weighted by atomic mass is 9.91. The van der Waals surface area contributed by atoms with Crippen molar-refractivity contribution in [2.45, 2.75) is 78.2 Å². The van der Waals surface area contributed by atoms with Crippen LogP contribution in [0.15, 0.2) is 0 Å². The number of nitrogens with two attached hydrogens (primary N) is 1. The van der Waals surface area contributed by atoms with Crippen molar-refractivity contribution in [2.75, 3.05) is 20.1 Å². The smallest absolute Gasteiger partial charge is 0.0300 e. The van der Waals surface area contributed by atoms with Crippen molar-refractivity contribution >= 4 is 0 Å². The van der Waals surface area contributed by atoms with E-state index in [1.807, 2.05) is 0 Å². The number of nitrogens with zero attached hydrogens (tertiary/aromatic N) is 1. The second-order valence-electron chi connectivity index (χ2n) is 6.47. The van der Waals surface area contributed by atoms with Gasteiger partial charge < -0.3 is 5.73 Å². The molecular weight excluding hydrogens is 220 g/mol. The van der Waals surface area contributed by atoms with Crippen molar-refractivity contribution in [3.8, 4) is 0 Å². The minimum absolute atomic E-state index is 0.196. The molecule has 2 nitrogen and oxygen atoms in total. The fraction of sp³-hybridized carbons (Fsp3) is 1.00. The van der Waals surface area contributed by atoms with Crippen LogP contribution in [0.1, 0.15) is 72.6 Å². The Morgan fingerprint density at radius 3 is 2.22 bits per heavy atom. The molecule has 18 heavy (non-hydrogen) atoms. The minimum atomic E-state index is 0.196. The number of likely N-dealkylation sites (N-methyl/N-ethyl adjacent to an activating group) is 1. The molecule has 0 rings (SSSR count). The van der Waals surface area contributed by atoms with Gasteiger partial charge in [-0.25, -0.2) is 0 Å². The fourth-order valence-corrected chi connectivity index (χ4v) is 2.28. The molecule has 0 bridgehead atoms. The minimum Gasteiger partial charge on any atom is -0.329 e. The van der Waals surface area contributed by atoms with Gasteiger partial charge in [-0.1, -0.05) is 52.9 Å². The Hall–Kier alpha value is -0.0800. The Morgan fingerprint density at radius 1 is 1.11 bits per heavy atom. The molecular formula is C16H36N2. The van der Waals surface area contributed by atoms with E-state index in [0.29, 0.717) is 0 Å². The highest BCUT2D eigenvalue weighted by Gasteiger charge is 2.26. The quantitative estimate of drug-likeness (QED) is 0.565. The Bertz CT molecular complexity index is 192. The fourth-order valence-electron chi connectivity index (χ4n) is 2.28. The third-order valence-electron chi connectivity index (χ3n) is 4.22. The number of hydrogen-bond donors (Lipinski definition) is 1. The highest BCUT2D eigenvalue weighted by Crippen LogP contribution is 2.21. The first-order chi connectivity index (χ1) is 8.46. The van der Waals surface area contributed by atoms with Crippen molar-refractivity contribution in [1.82, 2.24) is 4.90 Å². The first-order valence-electron chi connectivity index (χ1n) is 7.87. The summed E-state index contributed by atoms with van der Waals surface area (Å²) in [5.74, 6) is 0.777. The van der Waals surface area contributed by atoms with Crippen LogP contribution >= 0.6 is 0 Å².